The lowest BCUT2D eigenvalue weighted by Crippen LogP contribution is -1.68. The van der Waals surface area contributed by atoms with E-state index in [2.05, 4.69) is 25.1 Å². The van der Waals surface area contributed by atoms with E-state index < -0.39 is 0 Å². The smallest absolute Gasteiger partial charge is 0.0621 e. The van der Waals surface area contributed by atoms with E-state index in [4.69, 9.17) is 5.26 Å². The van der Waals surface area contributed by atoms with Gasteiger partial charge < -0.3 is 0 Å². The molecule has 0 atom stereocenters. The zero-order valence-electron chi connectivity index (χ0n) is 6.64. The fourth-order valence-corrected chi connectivity index (χ4v) is 0.701. The molecule has 0 aliphatic heterocycles. The van der Waals surface area contributed by atoms with Crippen LogP contribution >= 0.6 is 0 Å². The molecule has 0 rings (SSSR count). The average molecular weight is 137 g/mol. The van der Waals surface area contributed by atoms with Gasteiger partial charge in [-0.25, -0.2) is 0 Å². The van der Waals surface area contributed by atoms with Crippen molar-refractivity contribution in [2.24, 2.45) is 0 Å². The lowest BCUT2D eigenvalue weighted by Gasteiger charge is -1.86. The number of rotatable bonds is 5. The molecular weight excluding hydrogens is 122 g/mol. The maximum absolute atomic E-state index is 8.19. The molecule has 0 saturated carbocycles. The van der Waals surface area contributed by atoms with Crippen molar-refractivity contribution in [3.63, 3.8) is 0 Å². The van der Waals surface area contributed by atoms with Gasteiger partial charge in [0.1, 0.15) is 0 Å². The van der Waals surface area contributed by atoms with Gasteiger partial charge in [-0.2, -0.15) is 5.26 Å². The molecule has 0 aromatic carbocycles. The zero-order valence-corrected chi connectivity index (χ0v) is 6.64. The Morgan fingerprint density at radius 2 is 2.00 bits per heavy atom. The number of nitrogens with zero attached hydrogens (tertiary/aromatic N) is 1. The van der Waals surface area contributed by atoms with Crippen LogP contribution in [0.2, 0.25) is 0 Å². The van der Waals surface area contributed by atoms with Crippen molar-refractivity contribution in [3.8, 4) is 6.07 Å². The van der Waals surface area contributed by atoms with Gasteiger partial charge >= 0.3 is 0 Å². The van der Waals surface area contributed by atoms with Crippen LogP contribution in [0, 0.1) is 11.3 Å². The van der Waals surface area contributed by atoms with E-state index in [0.717, 1.165) is 12.8 Å². The molecule has 0 unspecified atom stereocenters. The Morgan fingerprint density at radius 3 is 2.60 bits per heavy atom. The van der Waals surface area contributed by atoms with Gasteiger partial charge in [0.25, 0.3) is 0 Å². The van der Waals surface area contributed by atoms with E-state index in [-0.39, 0.29) is 0 Å². The van der Waals surface area contributed by atoms with Crippen molar-refractivity contribution in [2.75, 3.05) is 0 Å². The van der Waals surface area contributed by atoms with Crippen LogP contribution in [0.1, 0.15) is 39.0 Å². The van der Waals surface area contributed by atoms with Crippen LogP contribution in [-0.2, 0) is 0 Å². The molecule has 0 aromatic rings. The van der Waals surface area contributed by atoms with E-state index in [1.54, 1.807) is 0 Å². The van der Waals surface area contributed by atoms with Gasteiger partial charge in [-0.3, -0.25) is 0 Å². The van der Waals surface area contributed by atoms with Gasteiger partial charge in [-0.1, -0.05) is 25.5 Å². The minimum Gasteiger partial charge on any atom is -0.198 e. The molecule has 0 saturated heterocycles. The summed E-state index contributed by atoms with van der Waals surface area (Å²) in [5.74, 6) is 0. The molecule has 0 heterocycles. The highest BCUT2D eigenvalue weighted by molar-refractivity contribution is 4.82. The molecule has 0 radical (unpaired) electrons. The number of hydrogen-bond donors (Lipinski definition) is 0. The summed E-state index contributed by atoms with van der Waals surface area (Å²) >= 11 is 0. The summed E-state index contributed by atoms with van der Waals surface area (Å²) in [6, 6.07) is 2.12. The highest BCUT2D eigenvalue weighted by Crippen LogP contribution is 1.96. The SMILES string of the molecule is CCC/C=C/CCCC#N. The molecule has 0 bridgehead atoms. The number of nitriles is 1. The zero-order chi connectivity index (χ0) is 7.66. The van der Waals surface area contributed by atoms with Crippen molar-refractivity contribution < 1.29 is 0 Å². The molecule has 0 spiro atoms. The molecule has 1 heteroatoms. The van der Waals surface area contributed by atoms with Crippen LogP contribution in [0.5, 0.6) is 0 Å². The first kappa shape index (κ1) is 9.23. The fraction of sp³-hybridized carbons (Fsp3) is 0.667. The van der Waals surface area contributed by atoms with E-state index in [9.17, 15) is 0 Å². The van der Waals surface area contributed by atoms with Gasteiger partial charge in [0.05, 0.1) is 6.07 Å². The first-order chi connectivity index (χ1) is 4.91. The van der Waals surface area contributed by atoms with Crippen molar-refractivity contribution in [3.05, 3.63) is 12.2 Å². The van der Waals surface area contributed by atoms with Crippen LogP contribution in [-0.4, -0.2) is 0 Å². The monoisotopic (exact) mass is 137 g/mol. The average Bonchev–Trinajstić information content (AvgIpc) is 1.97. The van der Waals surface area contributed by atoms with Gasteiger partial charge in [0, 0.05) is 6.42 Å². The fourth-order valence-electron chi connectivity index (χ4n) is 0.701. The first-order valence-corrected chi connectivity index (χ1v) is 3.93. The minimum atomic E-state index is 0.691. The maximum Gasteiger partial charge on any atom is 0.0621 e. The quantitative estimate of drug-likeness (QED) is 0.422. The number of allylic oxidation sites excluding steroid dienone is 2. The van der Waals surface area contributed by atoms with Crippen LogP contribution in [0.25, 0.3) is 0 Å². The van der Waals surface area contributed by atoms with Crippen LogP contribution in [0.15, 0.2) is 12.2 Å². The van der Waals surface area contributed by atoms with Crippen LogP contribution in [0.4, 0.5) is 0 Å². The summed E-state index contributed by atoms with van der Waals surface area (Å²) in [6.45, 7) is 2.17. The van der Waals surface area contributed by atoms with Crippen molar-refractivity contribution in [1.82, 2.24) is 0 Å². The van der Waals surface area contributed by atoms with Gasteiger partial charge in [0.15, 0.2) is 0 Å². The summed E-state index contributed by atoms with van der Waals surface area (Å²) in [5.41, 5.74) is 0. The number of hydrogen-bond acceptors (Lipinski definition) is 1. The summed E-state index contributed by atoms with van der Waals surface area (Å²) in [7, 11) is 0. The van der Waals surface area contributed by atoms with E-state index in [1.807, 2.05) is 0 Å². The highest BCUT2D eigenvalue weighted by atomic mass is 14.2. The molecule has 0 amide bonds. The third kappa shape index (κ3) is 7.23. The Balaban J connectivity index is 2.96. The third-order valence-corrected chi connectivity index (χ3v) is 1.28. The van der Waals surface area contributed by atoms with E-state index in [1.165, 1.54) is 12.8 Å². The van der Waals surface area contributed by atoms with Crippen molar-refractivity contribution in [2.45, 2.75) is 39.0 Å². The van der Waals surface area contributed by atoms with Crippen LogP contribution in [0.3, 0.4) is 0 Å². The van der Waals surface area contributed by atoms with Gasteiger partial charge in [-0.15, -0.1) is 0 Å². The Bertz CT molecular complexity index is 119. The molecule has 0 fully saturated rings. The minimum absolute atomic E-state index is 0.691. The Morgan fingerprint density at radius 1 is 1.30 bits per heavy atom. The molecular formula is C9H15N. The summed E-state index contributed by atoms with van der Waals surface area (Å²) in [4.78, 5) is 0. The second-order valence-electron chi connectivity index (χ2n) is 2.31. The molecule has 0 aromatic heterocycles. The normalized spacial score (nSPS) is 10.0. The Labute approximate surface area is 63.4 Å². The highest BCUT2D eigenvalue weighted by Gasteiger charge is 1.79. The molecule has 56 valence electrons. The molecule has 10 heavy (non-hydrogen) atoms. The lowest BCUT2D eigenvalue weighted by molar-refractivity contribution is 0.866. The first-order valence-electron chi connectivity index (χ1n) is 3.93. The predicted molar refractivity (Wildman–Crippen MR) is 43.5 cm³/mol. The Kier molecular flexibility index (Phi) is 7.60. The largest absolute Gasteiger partial charge is 0.198 e. The van der Waals surface area contributed by atoms with Crippen molar-refractivity contribution >= 4 is 0 Å². The van der Waals surface area contributed by atoms with Gasteiger partial charge in [0.2, 0.25) is 0 Å². The third-order valence-electron chi connectivity index (χ3n) is 1.28. The second kappa shape index (κ2) is 8.23. The van der Waals surface area contributed by atoms with Crippen LogP contribution < -0.4 is 0 Å². The predicted octanol–water partition coefficient (Wildman–Crippen LogP) is 3.04. The van der Waals surface area contributed by atoms with E-state index in [0.29, 0.717) is 6.42 Å². The molecule has 0 aliphatic carbocycles. The lowest BCUT2D eigenvalue weighted by atomic mass is 10.2. The van der Waals surface area contributed by atoms with Gasteiger partial charge in [-0.05, 0) is 19.3 Å². The summed E-state index contributed by atoms with van der Waals surface area (Å²) in [5, 5.41) is 8.19. The number of unbranched alkanes of at least 4 members (excludes halogenated alkanes) is 3. The second-order valence-corrected chi connectivity index (χ2v) is 2.31. The summed E-state index contributed by atoms with van der Waals surface area (Å²) < 4.78 is 0. The molecule has 1 nitrogen and oxygen atoms in total. The van der Waals surface area contributed by atoms with Crippen molar-refractivity contribution in [1.29, 1.82) is 5.26 Å². The standard InChI is InChI=1S/C9H15N/c1-2-3-4-5-6-7-8-9-10/h4-5H,2-3,6-8H2,1H3/b5-4+. The molecule has 0 aliphatic rings. The topological polar surface area (TPSA) is 23.8 Å². The Hall–Kier alpha value is -0.770. The maximum atomic E-state index is 8.19. The molecule has 0 N–H and O–H groups in total. The van der Waals surface area contributed by atoms with E-state index >= 15 is 0 Å². The summed E-state index contributed by atoms with van der Waals surface area (Å²) in [6.07, 6.45) is 9.51.